The summed E-state index contributed by atoms with van der Waals surface area (Å²) in [5.41, 5.74) is 3.81. The molecule has 1 aromatic carbocycles. The van der Waals surface area contributed by atoms with E-state index < -0.39 is 11.4 Å². The van der Waals surface area contributed by atoms with Crippen LogP contribution in [-0.4, -0.2) is 75.3 Å². The number of carbonyl (C=O) groups is 1. The number of hydrogen-bond donors (Lipinski definition) is 3. The van der Waals surface area contributed by atoms with Gasteiger partial charge in [-0.3, -0.25) is 4.79 Å². The van der Waals surface area contributed by atoms with Gasteiger partial charge in [0.15, 0.2) is 0 Å². The van der Waals surface area contributed by atoms with Crippen LogP contribution in [0.3, 0.4) is 0 Å². The van der Waals surface area contributed by atoms with Gasteiger partial charge in [-0.25, -0.2) is 19.2 Å². The Morgan fingerprint density at radius 2 is 1.98 bits per heavy atom. The summed E-state index contributed by atoms with van der Waals surface area (Å²) < 4.78 is 16.4. The van der Waals surface area contributed by atoms with Crippen molar-refractivity contribution in [3.63, 3.8) is 0 Å². The number of aryl methyl sites for hydroxylation is 1. The maximum atomic E-state index is 14.8. The zero-order valence-corrected chi connectivity index (χ0v) is 22.3. The number of nitrogens with zero attached hydrogens (tertiary/aromatic N) is 5. The molecule has 3 N–H and O–H groups in total. The molecule has 204 valence electrons. The zero-order chi connectivity index (χ0) is 27.9. The number of hydrogen-bond acceptors (Lipinski definition) is 7. The second kappa shape index (κ2) is 8.75. The van der Waals surface area contributed by atoms with Crippen molar-refractivity contribution in [2.75, 3.05) is 43.9 Å². The van der Waals surface area contributed by atoms with Gasteiger partial charge in [0.2, 0.25) is 5.43 Å². The van der Waals surface area contributed by atoms with E-state index in [1.807, 2.05) is 0 Å². The first-order valence-corrected chi connectivity index (χ1v) is 13.2. The van der Waals surface area contributed by atoms with Crippen molar-refractivity contribution in [1.82, 2.24) is 24.4 Å². The van der Waals surface area contributed by atoms with Crippen LogP contribution in [-0.2, 0) is 7.05 Å². The van der Waals surface area contributed by atoms with Crippen LogP contribution in [0.4, 0.5) is 15.8 Å². The van der Waals surface area contributed by atoms with Crippen LogP contribution in [0.5, 0.6) is 0 Å². The lowest BCUT2D eigenvalue weighted by Crippen LogP contribution is -2.62. The fourth-order valence-electron chi connectivity index (χ4n) is 6.57. The normalized spacial score (nSPS) is 19.2. The van der Waals surface area contributed by atoms with Gasteiger partial charge >= 0.3 is 5.97 Å². The lowest BCUT2D eigenvalue weighted by Gasteiger charge is -2.52. The second-order valence-electron chi connectivity index (χ2n) is 10.9. The predicted octanol–water partition coefficient (Wildman–Crippen LogP) is 3.65. The molecule has 5 aromatic rings. The molecule has 0 saturated carbocycles. The number of aromatic nitrogens is 4. The number of H-pyrrole nitrogens is 1. The number of likely N-dealkylation sites (N-methyl/N-ethyl adjacent to an activating group) is 1. The number of rotatable bonds is 4. The molecule has 2 aliphatic heterocycles. The summed E-state index contributed by atoms with van der Waals surface area (Å²) in [5.74, 6) is -0.993. The van der Waals surface area contributed by atoms with E-state index in [2.05, 4.69) is 32.1 Å². The van der Waals surface area contributed by atoms with Crippen LogP contribution in [0.15, 0.2) is 41.6 Å². The molecule has 40 heavy (non-hydrogen) atoms. The van der Waals surface area contributed by atoms with Gasteiger partial charge in [0.1, 0.15) is 22.7 Å². The van der Waals surface area contributed by atoms with Gasteiger partial charge in [0, 0.05) is 74.9 Å². The molecule has 0 aliphatic carbocycles. The number of carboxylic acid groups (broad SMARTS) is 1. The van der Waals surface area contributed by atoms with Gasteiger partial charge < -0.3 is 29.8 Å². The first-order chi connectivity index (χ1) is 19.2. The average Bonchev–Trinajstić information content (AvgIpc) is 3.31. The summed E-state index contributed by atoms with van der Waals surface area (Å²) in [6.07, 6.45) is 5.77. The lowest BCUT2D eigenvalue weighted by molar-refractivity contribution is 0.0281. The van der Waals surface area contributed by atoms with E-state index in [0.717, 1.165) is 48.2 Å². The number of fused-ring (bicyclic) bond motifs is 5. The number of halogens is 1. The number of carboxylic acids is 1. The number of pyridine rings is 3. The number of aromatic amines is 1. The highest BCUT2D eigenvalue weighted by atomic mass is 19.1. The van der Waals surface area contributed by atoms with Crippen molar-refractivity contribution in [2.45, 2.75) is 12.5 Å². The number of benzene rings is 1. The Hall–Kier alpha value is -4.51. The first kappa shape index (κ1) is 24.5. The Bertz CT molecular complexity index is 1930. The third kappa shape index (κ3) is 3.50. The topological polar surface area (TPSA) is 119 Å². The van der Waals surface area contributed by atoms with Crippen molar-refractivity contribution < 1.29 is 14.3 Å². The minimum Gasteiger partial charge on any atom is -0.477 e. The molecule has 11 heteroatoms. The molecule has 0 bridgehead atoms. The molecule has 0 radical (unpaired) electrons. The van der Waals surface area contributed by atoms with Gasteiger partial charge in [-0.15, -0.1) is 0 Å². The van der Waals surface area contributed by atoms with E-state index in [0.29, 0.717) is 39.9 Å². The minimum atomic E-state index is -1.29. The number of nitrogens with one attached hydrogen (secondary N) is 2. The van der Waals surface area contributed by atoms with E-state index in [1.165, 1.54) is 18.3 Å². The fraction of sp³-hybridized carbons (Fsp3) is 0.310. The van der Waals surface area contributed by atoms with E-state index in [9.17, 15) is 19.1 Å². The molecule has 2 aliphatic rings. The van der Waals surface area contributed by atoms with Crippen molar-refractivity contribution in [2.24, 2.45) is 13.0 Å². The quantitative estimate of drug-likeness (QED) is 0.316. The Morgan fingerprint density at radius 1 is 1.15 bits per heavy atom. The molecule has 2 saturated heterocycles. The number of likely N-dealkylation sites (tertiary alicyclic amines) is 1. The van der Waals surface area contributed by atoms with Crippen LogP contribution in [0.25, 0.3) is 44.1 Å². The van der Waals surface area contributed by atoms with Crippen LogP contribution in [0.2, 0.25) is 0 Å². The van der Waals surface area contributed by atoms with Crippen molar-refractivity contribution in [1.29, 1.82) is 0 Å². The minimum absolute atomic E-state index is 0.214. The van der Waals surface area contributed by atoms with E-state index >= 15 is 0 Å². The van der Waals surface area contributed by atoms with Crippen LogP contribution in [0, 0.1) is 11.7 Å². The number of piperidine rings is 1. The second-order valence-corrected chi connectivity index (χ2v) is 10.9. The molecule has 0 amide bonds. The van der Waals surface area contributed by atoms with E-state index in [-0.39, 0.29) is 16.8 Å². The summed E-state index contributed by atoms with van der Waals surface area (Å²) in [7, 11) is 5.55. The Labute approximate surface area is 228 Å². The molecule has 2 atom stereocenters. The number of anilines is 2. The molecular formula is C29H28FN7O3. The maximum Gasteiger partial charge on any atom is 0.341 e. The Kier molecular flexibility index (Phi) is 5.36. The van der Waals surface area contributed by atoms with E-state index in [1.54, 1.807) is 37.1 Å². The van der Waals surface area contributed by atoms with Gasteiger partial charge in [0.25, 0.3) is 0 Å². The van der Waals surface area contributed by atoms with Gasteiger partial charge in [-0.2, -0.15) is 0 Å². The van der Waals surface area contributed by atoms with Crippen molar-refractivity contribution >= 4 is 50.3 Å². The van der Waals surface area contributed by atoms with Gasteiger partial charge in [0.05, 0.1) is 27.7 Å². The molecule has 7 rings (SSSR count). The largest absolute Gasteiger partial charge is 0.477 e. The van der Waals surface area contributed by atoms with Crippen LogP contribution < -0.4 is 15.6 Å². The summed E-state index contributed by atoms with van der Waals surface area (Å²) in [6.45, 7) is 2.72. The lowest BCUT2D eigenvalue weighted by atomic mass is 9.82. The van der Waals surface area contributed by atoms with Crippen LogP contribution >= 0.6 is 0 Å². The Morgan fingerprint density at radius 3 is 2.73 bits per heavy atom. The third-order valence-corrected chi connectivity index (χ3v) is 8.62. The molecule has 2 fully saturated rings. The highest BCUT2D eigenvalue weighted by molar-refractivity contribution is 6.18. The molecule has 4 aromatic heterocycles. The molecule has 6 heterocycles. The number of aromatic carboxylic acids is 1. The smallest absolute Gasteiger partial charge is 0.341 e. The fourth-order valence-corrected chi connectivity index (χ4v) is 6.57. The maximum absolute atomic E-state index is 14.8. The first-order valence-electron chi connectivity index (χ1n) is 13.2. The Balaban J connectivity index is 1.52. The summed E-state index contributed by atoms with van der Waals surface area (Å²) in [5, 5.41) is 14.4. The SMILES string of the molecule is CNc1cc(F)cc2c1[nH]c1ncc(-c3cnc4c(c3)c(=O)c(C(=O)O)cn4C)c(N3CC[C@H]4CN(C)[C@H]4C3)c12. The highest BCUT2D eigenvalue weighted by Gasteiger charge is 2.41. The molecule has 0 spiro atoms. The zero-order valence-electron chi connectivity index (χ0n) is 22.3. The molecule has 10 nitrogen and oxygen atoms in total. The van der Waals surface area contributed by atoms with E-state index in [4.69, 9.17) is 4.98 Å². The van der Waals surface area contributed by atoms with Gasteiger partial charge in [-0.1, -0.05) is 0 Å². The standard InChI is InChI=1S/C29H28FN7O3/c1-31-21-8-16(30)7-17-23-25(37-5-4-14-11-35(2)22(14)13-37)19(10-32-27(23)34-24(17)21)15-6-18-26(38)20(29(39)40)12-36(3)28(18)33-9-15/h6-10,12,14,22,31H,4-5,11,13H2,1-3H3,(H,32,34)(H,39,40)/t14-,22-/m0/s1. The summed E-state index contributed by atoms with van der Waals surface area (Å²) in [4.78, 5) is 42.3. The van der Waals surface area contributed by atoms with Crippen molar-refractivity contribution in [3.05, 3.63) is 58.4 Å². The molecular weight excluding hydrogens is 513 g/mol. The monoisotopic (exact) mass is 541 g/mol. The third-order valence-electron chi connectivity index (χ3n) is 8.62. The van der Waals surface area contributed by atoms with Gasteiger partial charge in [-0.05, 0) is 37.6 Å². The highest BCUT2D eigenvalue weighted by Crippen LogP contribution is 2.44. The van der Waals surface area contributed by atoms with Crippen molar-refractivity contribution in [3.8, 4) is 11.1 Å². The van der Waals surface area contributed by atoms with Crippen LogP contribution in [0.1, 0.15) is 16.8 Å². The average molecular weight is 542 g/mol. The summed E-state index contributed by atoms with van der Waals surface area (Å²) in [6, 6.07) is 5.09. The predicted molar refractivity (Wildman–Crippen MR) is 153 cm³/mol. The molecule has 0 unspecified atom stereocenters. The summed E-state index contributed by atoms with van der Waals surface area (Å²) >= 11 is 0.